The summed E-state index contributed by atoms with van der Waals surface area (Å²) in [5, 5.41) is 4.27. The van der Waals surface area contributed by atoms with Gasteiger partial charge in [0.15, 0.2) is 11.6 Å². The number of benzene rings is 2. The van der Waals surface area contributed by atoms with Crippen molar-refractivity contribution in [3.8, 4) is 28.6 Å². The summed E-state index contributed by atoms with van der Waals surface area (Å²) in [6.07, 6.45) is 1.75. The molecule has 0 saturated heterocycles. The number of rotatable bonds is 6. The van der Waals surface area contributed by atoms with Gasteiger partial charge in [0, 0.05) is 11.1 Å². The lowest BCUT2D eigenvalue weighted by Gasteiger charge is -2.18. The zero-order valence-corrected chi connectivity index (χ0v) is 18.1. The van der Waals surface area contributed by atoms with Gasteiger partial charge in [-0.25, -0.2) is 0 Å². The molecule has 1 N–H and O–H groups in total. The largest absolute Gasteiger partial charge is 0.496 e. The standard InChI is InChI=1S/C20H19BrN2O4S/c1-24-13-10-8-11-7-9-12-18(16(11)17(13)21)27-22-20(12)23-28-19-14(25-2)5-4-6-15(19)26-3/h4-6,8,10H,7,9H2,1-3H3,(H,22,23). The summed E-state index contributed by atoms with van der Waals surface area (Å²) in [4.78, 5) is 0.850. The van der Waals surface area contributed by atoms with E-state index in [1.807, 2.05) is 24.3 Å². The summed E-state index contributed by atoms with van der Waals surface area (Å²) >= 11 is 5.04. The molecule has 0 aliphatic heterocycles. The molecule has 0 amide bonds. The predicted octanol–water partition coefficient (Wildman–Crippen LogP) is 5.35. The average Bonchev–Trinajstić information content (AvgIpc) is 3.15. The van der Waals surface area contributed by atoms with Crippen molar-refractivity contribution in [1.29, 1.82) is 0 Å². The van der Waals surface area contributed by atoms with Crippen molar-refractivity contribution in [3.63, 3.8) is 0 Å². The molecule has 0 bridgehead atoms. The Labute approximate surface area is 175 Å². The molecule has 1 aliphatic rings. The number of hydrogen-bond donors (Lipinski definition) is 1. The monoisotopic (exact) mass is 462 g/mol. The zero-order chi connectivity index (χ0) is 19.7. The SMILES string of the molecule is COc1ccc2c(c1Br)-c1onc(NSc3c(OC)cccc3OC)c1CC2. The maximum atomic E-state index is 5.72. The van der Waals surface area contributed by atoms with E-state index in [1.54, 1.807) is 21.3 Å². The maximum absolute atomic E-state index is 5.72. The second kappa shape index (κ2) is 7.97. The Kier molecular flexibility index (Phi) is 5.41. The van der Waals surface area contributed by atoms with E-state index < -0.39 is 0 Å². The minimum absolute atomic E-state index is 0.702. The van der Waals surface area contributed by atoms with Gasteiger partial charge in [0.2, 0.25) is 0 Å². The van der Waals surface area contributed by atoms with Gasteiger partial charge in [-0.05, 0) is 64.5 Å². The molecule has 4 rings (SSSR count). The third kappa shape index (κ3) is 3.20. The number of hydrogen-bond acceptors (Lipinski definition) is 7. The van der Waals surface area contributed by atoms with Crippen LogP contribution < -0.4 is 18.9 Å². The van der Waals surface area contributed by atoms with Crippen molar-refractivity contribution in [1.82, 2.24) is 5.16 Å². The predicted molar refractivity (Wildman–Crippen MR) is 113 cm³/mol. The molecule has 0 fully saturated rings. The van der Waals surface area contributed by atoms with Crippen molar-refractivity contribution in [3.05, 3.63) is 45.9 Å². The quantitative estimate of drug-likeness (QED) is 0.495. The Balaban J connectivity index is 1.66. The van der Waals surface area contributed by atoms with Crippen molar-refractivity contribution >= 4 is 33.7 Å². The fraction of sp³-hybridized carbons (Fsp3) is 0.250. The second-order valence-electron chi connectivity index (χ2n) is 6.15. The van der Waals surface area contributed by atoms with Gasteiger partial charge in [-0.15, -0.1) is 0 Å². The molecule has 1 aliphatic carbocycles. The number of aryl methyl sites for hydroxylation is 1. The average molecular weight is 463 g/mol. The molecule has 0 saturated carbocycles. The van der Waals surface area contributed by atoms with E-state index in [4.69, 9.17) is 18.7 Å². The van der Waals surface area contributed by atoms with Crippen LogP contribution in [0.25, 0.3) is 11.3 Å². The Bertz CT molecular complexity index is 999. The first-order chi connectivity index (χ1) is 13.7. The molecule has 146 valence electrons. The first-order valence-corrected chi connectivity index (χ1v) is 10.3. The summed E-state index contributed by atoms with van der Waals surface area (Å²) in [5.74, 6) is 3.69. The van der Waals surface area contributed by atoms with Crippen molar-refractivity contribution in [2.24, 2.45) is 0 Å². The lowest BCUT2D eigenvalue weighted by Crippen LogP contribution is -2.05. The molecule has 1 aromatic heterocycles. The first kappa shape index (κ1) is 19.0. The van der Waals surface area contributed by atoms with Gasteiger partial charge >= 0.3 is 0 Å². The number of fused-ring (bicyclic) bond motifs is 3. The fourth-order valence-electron chi connectivity index (χ4n) is 3.30. The van der Waals surface area contributed by atoms with Gasteiger partial charge in [-0.2, -0.15) is 0 Å². The smallest absolute Gasteiger partial charge is 0.183 e. The lowest BCUT2D eigenvalue weighted by atomic mass is 9.90. The summed E-state index contributed by atoms with van der Waals surface area (Å²) in [5.41, 5.74) is 3.26. The number of nitrogens with one attached hydrogen (secondary N) is 1. The van der Waals surface area contributed by atoms with Crippen LogP contribution in [0.15, 0.2) is 44.2 Å². The van der Waals surface area contributed by atoms with Gasteiger partial charge in [0.25, 0.3) is 0 Å². The summed E-state index contributed by atoms with van der Waals surface area (Å²) in [6.45, 7) is 0. The molecule has 2 aromatic carbocycles. The van der Waals surface area contributed by atoms with Gasteiger partial charge < -0.3 is 23.5 Å². The Morgan fingerprint density at radius 2 is 1.71 bits per heavy atom. The molecule has 0 unspecified atom stereocenters. The van der Waals surface area contributed by atoms with Gasteiger partial charge in [-0.3, -0.25) is 0 Å². The van der Waals surface area contributed by atoms with Crippen LogP contribution in [0.4, 0.5) is 5.82 Å². The molecular weight excluding hydrogens is 444 g/mol. The van der Waals surface area contributed by atoms with Gasteiger partial charge in [0.05, 0.1) is 25.8 Å². The highest BCUT2D eigenvalue weighted by molar-refractivity contribution is 9.10. The van der Waals surface area contributed by atoms with Crippen molar-refractivity contribution in [2.45, 2.75) is 17.7 Å². The minimum atomic E-state index is 0.702. The maximum Gasteiger partial charge on any atom is 0.183 e. The van der Waals surface area contributed by atoms with E-state index >= 15 is 0 Å². The number of ether oxygens (including phenoxy) is 3. The topological polar surface area (TPSA) is 65.8 Å². The number of methoxy groups -OCH3 is 3. The second-order valence-corrected chi connectivity index (χ2v) is 7.76. The number of nitrogens with zero attached hydrogens (tertiary/aromatic N) is 1. The van der Waals surface area contributed by atoms with Crippen LogP contribution in [0.2, 0.25) is 0 Å². The van der Waals surface area contributed by atoms with Crippen LogP contribution in [0.1, 0.15) is 11.1 Å². The molecule has 0 radical (unpaired) electrons. The van der Waals surface area contributed by atoms with Crippen LogP contribution in [0.5, 0.6) is 17.2 Å². The first-order valence-electron chi connectivity index (χ1n) is 8.66. The number of anilines is 1. The van der Waals surface area contributed by atoms with Crippen LogP contribution in [0, 0.1) is 0 Å². The third-order valence-corrected chi connectivity index (χ3v) is 6.39. The van der Waals surface area contributed by atoms with Gasteiger partial charge in [-0.1, -0.05) is 17.3 Å². The molecule has 0 spiro atoms. The molecule has 28 heavy (non-hydrogen) atoms. The van der Waals surface area contributed by atoms with Crippen LogP contribution in [-0.4, -0.2) is 26.5 Å². The highest BCUT2D eigenvalue weighted by Gasteiger charge is 2.28. The van der Waals surface area contributed by atoms with E-state index in [-0.39, 0.29) is 0 Å². The van der Waals surface area contributed by atoms with Crippen LogP contribution in [0.3, 0.4) is 0 Å². The van der Waals surface area contributed by atoms with Crippen molar-refractivity contribution in [2.75, 3.05) is 26.1 Å². The van der Waals surface area contributed by atoms with E-state index in [0.29, 0.717) is 5.82 Å². The number of halogens is 1. The molecule has 6 nitrogen and oxygen atoms in total. The minimum Gasteiger partial charge on any atom is -0.496 e. The lowest BCUT2D eigenvalue weighted by molar-refractivity contribution is 0.376. The Hall–Kier alpha value is -2.32. The zero-order valence-electron chi connectivity index (χ0n) is 15.7. The van der Waals surface area contributed by atoms with Crippen LogP contribution >= 0.6 is 27.9 Å². The molecule has 3 aromatic rings. The fourth-order valence-corrected chi connectivity index (χ4v) is 4.89. The molecule has 8 heteroatoms. The molecule has 1 heterocycles. The van der Waals surface area contributed by atoms with Crippen molar-refractivity contribution < 1.29 is 18.7 Å². The third-order valence-electron chi connectivity index (χ3n) is 4.70. The van der Waals surface area contributed by atoms with E-state index in [2.05, 4.69) is 31.9 Å². The highest BCUT2D eigenvalue weighted by Crippen LogP contribution is 2.46. The molecular formula is C20H19BrN2O4S. The molecule has 0 atom stereocenters. The Morgan fingerprint density at radius 3 is 2.39 bits per heavy atom. The highest BCUT2D eigenvalue weighted by atomic mass is 79.9. The van der Waals surface area contributed by atoms with E-state index in [9.17, 15) is 0 Å². The summed E-state index contributed by atoms with van der Waals surface area (Å²) in [6, 6.07) is 9.72. The Morgan fingerprint density at radius 1 is 1.00 bits per heavy atom. The van der Waals surface area contributed by atoms with E-state index in [1.165, 1.54) is 17.5 Å². The summed E-state index contributed by atoms with van der Waals surface area (Å²) in [7, 11) is 4.93. The van der Waals surface area contributed by atoms with E-state index in [0.717, 1.165) is 56.3 Å². The summed E-state index contributed by atoms with van der Waals surface area (Å²) < 4.78 is 26.2. The van der Waals surface area contributed by atoms with Crippen LogP contribution in [-0.2, 0) is 12.8 Å². The van der Waals surface area contributed by atoms with Gasteiger partial charge in [0.1, 0.15) is 22.1 Å². The number of aromatic nitrogens is 1. The normalized spacial score (nSPS) is 12.1.